The van der Waals surface area contributed by atoms with Gasteiger partial charge in [-0.05, 0) is 56.1 Å². The number of benzene rings is 4. The predicted octanol–water partition coefficient (Wildman–Crippen LogP) is 8.27. The second kappa shape index (κ2) is 6.67. The SMILES string of the molecule is CC(C)(C)c1ccc2c(ccc3c(-c4cc(Br)c5ccccc5c4)nccc32)c1. The number of pyridine rings is 1. The molecule has 0 aliphatic rings. The van der Waals surface area contributed by atoms with Gasteiger partial charge in [0.05, 0.1) is 5.69 Å². The topological polar surface area (TPSA) is 12.9 Å². The minimum absolute atomic E-state index is 0.143. The monoisotopic (exact) mass is 439 g/mol. The molecule has 0 aliphatic carbocycles. The molecule has 1 nitrogen and oxygen atoms in total. The predicted molar refractivity (Wildman–Crippen MR) is 129 cm³/mol. The van der Waals surface area contributed by atoms with Crippen LogP contribution in [0.25, 0.3) is 43.6 Å². The molecule has 1 aromatic heterocycles. The molecule has 142 valence electrons. The fourth-order valence-corrected chi connectivity index (χ4v) is 4.70. The van der Waals surface area contributed by atoms with E-state index in [1.54, 1.807) is 0 Å². The lowest BCUT2D eigenvalue weighted by atomic mass is 9.85. The number of rotatable bonds is 1. The van der Waals surface area contributed by atoms with Crippen molar-refractivity contribution >= 4 is 48.2 Å². The number of aromatic nitrogens is 1. The highest BCUT2D eigenvalue weighted by Crippen LogP contribution is 2.36. The van der Waals surface area contributed by atoms with Crippen LogP contribution in [0.3, 0.4) is 0 Å². The zero-order chi connectivity index (χ0) is 20.2. The van der Waals surface area contributed by atoms with E-state index in [0.29, 0.717) is 0 Å². The fraction of sp³-hybridized carbons (Fsp3) is 0.148. The molecule has 0 saturated carbocycles. The second-order valence-corrected chi connectivity index (χ2v) is 9.54. The summed E-state index contributed by atoms with van der Waals surface area (Å²) in [6, 6.07) is 26.3. The van der Waals surface area contributed by atoms with Crippen molar-refractivity contribution in [3.05, 3.63) is 89.0 Å². The molecule has 0 fully saturated rings. The van der Waals surface area contributed by atoms with E-state index in [2.05, 4.69) is 109 Å². The number of halogens is 1. The van der Waals surface area contributed by atoms with Crippen LogP contribution in [0.15, 0.2) is 83.5 Å². The Hall–Kier alpha value is -2.71. The van der Waals surface area contributed by atoms with Gasteiger partial charge in [-0.3, -0.25) is 4.98 Å². The molecule has 0 spiro atoms. The van der Waals surface area contributed by atoms with Crippen LogP contribution in [0, 0.1) is 0 Å². The molecule has 1 heterocycles. The highest BCUT2D eigenvalue weighted by atomic mass is 79.9. The van der Waals surface area contributed by atoms with Crippen LogP contribution < -0.4 is 0 Å². The lowest BCUT2D eigenvalue weighted by molar-refractivity contribution is 0.591. The molecule has 0 atom stereocenters. The van der Waals surface area contributed by atoms with Gasteiger partial charge < -0.3 is 0 Å². The summed E-state index contributed by atoms with van der Waals surface area (Å²) in [4.78, 5) is 4.77. The molecule has 0 N–H and O–H groups in total. The summed E-state index contributed by atoms with van der Waals surface area (Å²) in [5.41, 5.74) is 3.66. The lowest BCUT2D eigenvalue weighted by Gasteiger charge is -2.20. The Bertz CT molecular complexity index is 1390. The number of hydrogen-bond donors (Lipinski definition) is 0. The fourth-order valence-electron chi connectivity index (χ4n) is 4.09. The van der Waals surface area contributed by atoms with Crippen molar-refractivity contribution in [2.24, 2.45) is 0 Å². The molecule has 4 aromatic carbocycles. The van der Waals surface area contributed by atoms with Crippen molar-refractivity contribution in [3.63, 3.8) is 0 Å². The van der Waals surface area contributed by atoms with E-state index < -0.39 is 0 Å². The Balaban J connectivity index is 1.77. The number of nitrogens with zero attached hydrogens (tertiary/aromatic N) is 1. The largest absolute Gasteiger partial charge is 0.256 e. The van der Waals surface area contributed by atoms with Gasteiger partial charge in [-0.25, -0.2) is 0 Å². The van der Waals surface area contributed by atoms with Gasteiger partial charge in [0, 0.05) is 21.6 Å². The first-order valence-corrected chi connectivity index (χ1v) is 10.7. The van der Waals surface area contributed by atoms with Crippen molar-refractivity contribution in [2.45, 2.75) is 26.2 Å². The molecule has 29 heavy (non-hydrogen) atoms. The zero-order valence-corrected chi connectivity index (χ0v) is 18.4. The standard InChI is InChI=1S/C27H22BrN/c1-27(2,3)20-9-11-21-18(15-20)8-10-24-23(21)12-13-29-26(24)19-14-17-6-4-5-7-22(17)25(28)16-19/h4-16H,1-3H3. The Morgan fingerprint density at radius 3 is 2.28 bits per heavy atom. The van der Waals surface area contributed by atoms with Crippen molar-refractivity contribution in [2.75, 3.05) is 0 Å². The molecule has 0 amide bonds. The normalized spacial score (nSPS) is 12.1. The van der Waals surface area contributed by atoms with Crippen LogP contribution in [-0.2, 0) is 5.41 Å². The average molecular weight is 440 g/mol. The maximum Gasteiger partial charge on any atom is 0.0781 e. The number of hydrogen-bond acceptors (Lipinski definition) is 1. The summed E-state index contributed by atoms with van der Waals surface area (Å²) in [7, 11) is 0. The van der Waals surface area contributed by atoms with E-state index in [1.165, 1.54) is 37.9 Å². The molecular formula is C27H22BrN. The first-order valence-electron chi connectivity index (χ1n) is 9.92. The van der Waals surface area contributed by atoms with Crippen LogP contribution in [0.4, 0.5) is 0 Å². The van der Waals surface area contributed by atoms with Gasteiger partial charge in [-0.2, -0.15) is 0 Å². The third kappa shape index (κ3) is 3.12. The Morgan fingerprint density at radius 1 is 0.690 bits per heavy atom. The summed E-state index contributed by atoms with van der Waals surface area (Å²) >= 11 is 3.75. The molecule has 0 aliphatic heterocycles. The van der Waals surface area contributed by atoms with Gasteiger partial charge >= 0.3 is 0 Å². The maximum absolute atomic E-state index is 4.77. The van der Waals surface area contributed by atoms with E-state index >= 15 is 0 Å². The lowest BCUT2D eigenvalue weighted by Crippen LogP contribution is -2.10. The smallest absolute Gasteiger partial charge is 0.0781 e. The molecular weight excluding hydrogens is 418 g/mol. The maximum atomic E-state index is 4.77. The van der Waals surface area contributed by atoms with E-state index in [9.17, 15) is 0 Å². The Labute approximate surface area is 179 Å². The molecule has 2 heteroatoms. The van der Waals surface area contributed by atoms with Crippen molar-refractivity contribution in [1.82, 2.24) is 4.98 Å². The van der Waals surface area contributed by atoms with Gasteiger partial charge in [-0.1, -0.05) is 91.3 Å². The van der Waals surface area contributed by atoms with Gasteiger partial charge in [0.1, 0.15) is 0 Å². The summed E-state index contributed by atoms with van der Waals surface area (Å²) in [5, 5.41) is 7.42. The molecule has 0 unspecified atom stereocenters. The minimum atomic E-state index is 0.143. The van der Waals surface area contributed by atoms with Gasteiger partial charge in [0.25, 0.3) is 0 Å². The summed E-state index contributed by atoms with van der Waals surface area (Å²) in [5.74, 6) is 0. The molecule has 0 bridgehead atoms. The second-order valence-electron chi connectivity index (χ2n) is 8.69. The van der Waals surface area contributed by atoms with Crippen LogP contribution in [0.1, 0.15) is 26.3 Å². The van der Waals surface area contributed by atoms with Crippen molar-refractivity contribution in [1.29, 1.82) is 0 Å². The van der Waals surface area contributed by atoms with Crippen LogP contribution >= 0.6 is 15.9 Å². The Morgan fingerprint density at radius 2 is 1.45 bits per heavy atom. The van der Waals surface area contributed by atoms with Crippen LogP contribution in [0.2, 0.25) is 0 Å². The van der Waals surface area contributed by atoms with Gasteiger partial charge in [0.15, 0.2) is 0 Å². The molecule has 0 radical (unpaired) electrons. The number of fused-ring (bicyclic) bond motifs is 4. The third-order valence-electron chi connectivity index (χ3n) is 5.71. The van der Waals surface area contributed by atoms with E-state index in [1.807, 2.05) is 6.20 Å². The summed E-state index contributed by atoms with van der Waals surface area (Å²) in [6.45, 7) is 6.78. The van der Waals surface area contributed by atoms with Crippen molar-refractivity contribution < 1.29 is 0 Å². The van der Waals surface area contributed by atoms with Crippen LogP contribution in [0.5, 0.6) is 0 Å². The van der Waals surface area contributed by atoms with Crippen LogP contribution in [-0.4, -0.2) is 4.98 Å². The first-order chi connectivity index (χ1) is 13.9. The van der Waals surface area contributed by atoms with Gasteiger partial charge in [0.2, 0.25) is 0 Å². The van der Waals surface area contributed by atoms with E-state index in [0.717, 1.165) is 15.7 Å². The zero-order valence-electron chi connectivity index (χ0n) is 16.8. The Kier molecular flexibility index (Phi) is 4.22. The molecule has 5 aromatic rings. The van der Waals surface area contributed by atoms with Gasteiger partial charge in [-0.15, -0.1) is 0 Å². The third-order valence-corrected chi connectivity index (χ3v) is 6.37. The molecule has 5 rings (SSSR count). The molecule has 0 saturated heterocycles. The first kappa shape index (κ1) is 18.3. The van der Waals surface area contributed by atoms with E-state index in [4.69, 9.17) is 4.98 Å². The van der Waals surface area contributed by atoms with Crippen molar-refractivity contribution in [3.8, 4) is 11.3 Å². The average Bonchev–Trinajstić information content (AvgIpc) is 2.72. The summed E-state index contributed by atoms with van der Waals surface area (Å²) < 4.78 is 1.10. The highest BCUT2D eigenvalue weighted by Gasteiger charge is 2.15. The highest BCUT2D eigenvalue weighted by molar-refractivity contribution is 9.10. The van der Waals surface area contributed by atoms with E-state index in [-0.39, 0.29) is 5.41 Å². The summed E-state index contributed by atoms with van der Waals surface area (Å²) in [6.07, 6.45) is 1.93. The quantitative estimate of drug-likeness (QED) is 0.239. The minimum Gasteiger partial charge on any atom is -0.256 e.